The zero-order chi connectivity index (χ0) is 18.2. The standard InChI is InChI=1S/C20H19NO4/c1-3-24-19-11-15(10-17(12-21)20(22)23)7-8-18(19)25-13-16-6-4-5-14(2)9-16/h4-11H,3,13H2,1-2H3,(H,22,23). The van der Waals surface area contributed by atoms with Gasteiger partial charge in [-0.1, -0.05) is 35.9 Å². The number of aryl methyl sites for hydroxylation is 1. The van der Waals surface area contributed by atoms with Crippen LogP contribution in [0.4, 0.5) is 0 Å². The fourth-order valence-corrected chi connectivity index (χ4v) is 2.27. The van der Waals surface area contributed by atoms with Crippen LogP contribution >= 0.6 is 0 Å². The number of carbonyl (C=O) groups is 1. The smallest absolute Gasteiger partial charge is 0.346 e. The number of hydrogen-bond acceptors (Lipinski definition) is 4. The third kappa shape index (κ3) is 5.11. The molecule has 0 atom stereocenters. The predicted molar refractivity (Wildman–Crippen MR) is 94.3 cm³/mol. The molecule has 0 aliphatic heterocycles. The van der Waals surface area contributed by atoms with Gasteiger partial charge in [0.25, 0.3) is 0 Å². The number of benzene rings is 2. The number of carboxylic acid groups (broad SMARTS) is 1. The van der Waals surface area contributed by atoms with E-state index in [2.05, 4.69) is 0 Å². The van der Waals surface area contributed by atoms with Crippen LogP contribution in [-0.4, -0.2) is 17.7 Å². The van der Waals surface area contributed by atoms with Gasteiger partial charge in [-0.15, -0.1) is 0 Å². The maximum Gasteiger partial charge on any atom is 0.346 e. The molecule has 0 bridgehead atoms. The van der Waals surface area contributed by atoms with Crippen LogP contribution in [0.2, 0.25) is 0 Å². The number of ether oxygens (including phenoxy) is 2. The molecule has 0 unspecified atom stereocenters. The normalized spacial score (nSPS) is 10.8. The third-order valence-corrected chi connectivity index (χ3v) is 3.41. The van der Waals surface area contributed by atoms with Crippen LogP contribution in [0, 0.1) is 18.3 Å². The minimum absolute atomic E-state index is 0.337. The molecule has 0 saturated heterocycles. The van der Waals surface area contributed by atoms with Crippen LogP contribution in [0.3, 0.4) is 0 Å². The summed E-state index contributed by atoms with van der Waals surface area (Å²) in [6, 6.07) is 14.7. The molecular formula is C20H19NO4. The average molecular weight is 337 g/mol. The Morgan fingerprint density at radius 3 is 2.64 bits per heavy atom. The first-order valence-electron chi connectivity index (χ1n) is 7.83. The van der Waals surface area contributed by atoms with Gasteiger partial charge in [-0.05, 0) is 43.2 Å². The van der Waals surface area contributed by atoms with Crippen LogP contribution in [0.15, 0.2) is 48.0 Å². The number of nitriles is 1. The van der Waals surface area contributed by atoms with E-state index >= 15 is 0 Å². The van der Waals surface area contributed by atoms with Crippen molar-refractivity contribution >= 4 is 12.0 Å². The van der Waals surface area contributed by atoms with Gasteiger partial charge >= 0.3 is 5.97 Å². The van der Waals surface area contributed by atoms with E-state index in [4.69, 9.17) is 19.8 Å². The largest absolute Gasteiger partial charge is 0.490 e. The average Bonchev–Trinajstić information content (AvgIpc) is 2.59. The molecule has 5 heteroatoms. The van der Waals surface area contributed by atoms with Crippen LogP contribution in [0.25, 0.3) is 6.08 Å². The molecular weight excluding hydrogens is 318 g/mol. The zero-order valence-corrected chi connectivity index (χ0v) is 14.2. The Morgan fingerprint density at radius 1 is 1.20 bits per heavy atom. The number of hydrogen-bond donors (Lipinski definition) is 1. The summed E-state index contributed by atoms with van der Waals surface area (Å²) in [7, 11) is 0. The van der Waals surface area contributed by atoms with Crippen molar-refractivity contribution in [1.29, 1.82) is 5.26 Å². The molecule has 0 heterocycles. The summed E-state index contributed by atoms with van der Waals surface area (Å²) in [4.78, 5) is 11.0. The quantitative estimate of drug-likeness (QED) is 0.611. The molecule has 0 amide bonds. The van der Waals surface area contributed by atoms with Gasteiger partial charge in [0.1, 0.15) is 18.2 Å². The Hall–Kier alpha value is -3.26. The molecule has 0 aliphatic carbocycles. The van der Waals surface area contributed by atoms with E-state index < -0.39 is 5.97 Å². The predicted octanol–water partition coefficient (Wildman–Crippen LogP) is 3.96. The molecule has 1 N–H and O–H groups in total. The number of nitrogens with zero attached hydrogens (tertiary/aromatic N) is 1. The van der Waals surface area contributed by atoms with E-state index in [0.29, 0.717) is 30.3 Å². The van der Waals surface area contributed by atoms with Gasteiger partial charge in [-0.3, -0.25) is 0 Å². The lowest BCUT2D eigenvalue weighted by Gasteiger charge is -2.13. The summed E-state index contributed by atoms with van der Waals surface area (Å²) in [6.07, 6.45) is 1.30. The van der Waals surface area contributed by atoms with E-state index in [9.17, 15) is 4.79 Å². The molecule has 25 heavy (non-hydrogen) atoms. The van der Waals surface area contributed by atoms with Crippen LogP contribution in [0.5, 0.6) is 11.5 Å². The third-order valence-electron chi connectivity index (χ3n) is 3.41. The first-order valence-corrected chi connectivity index (χ1v) is 7.83. The summed E-state index contributed by atoms with van der Waals surface area (Å²) in [5, 5.41) is 17.8. The highest BCUT2D eigenvalue weighted by molar-refractivity contribution is 5.96. The molecule has 0 aromatic heterocycles. The van der Waals surface area contributed by atoms with Gasteiger partial charge in [-0.25, -0.2) is 4.79 Å². The van der Waals surface area contributed by atoms with Crippen LogP contribution in [0.1, 0.15) is 23.6 Å². The van der Waals surface area contributed by atoms with Gasteiger partial charge in [-0.2, -0.15) is 5.26 Å². The maximum atomic E-state index is 11.0. The first-order chi connectivity index (χ1) is 12.0. The highest BCUT2D eigenvalue weighted by Gasteiger charge is 2.10. The SMILES string of the molecule is CCOc1cc(C=C(C#N)C(=O)O)ccc1OCc1cccc(C)c1. The van der Waals surface area contributed by atoms with Crippen molar-refractivity contribution in [1.82, 2.24) is 0 Å². The monoisotopic (exact) mass is 337 g/mol. The summed E-state index contributed by atoms with van der Waals surface area (Å²) in [6.45, 7) is 4.71. The lowest BCUT2D eigenvalue weighted by molar-refractivity contribution is -0.132. The Labute approximate surface area is 146 Å². The van der Waals surface area contributed by atoms with Gasteiger partial charge in [0.2, 0.25) is 0 Å². The number of carboxylic acids is 1. The van der Waals surface area contributed by atoms with Crippen molar-refractivity contribution in [2.45, 2.75) is 20.5 Å². The summed E-state index contributed by atoms with van der Waals surface area (Å²) >= 11 is 0. The van der Waals surface area contributed by atoms with Crippen molar-refractivity contribution in [3.05, 3.63) is 64.7 Å². The fraction of sp³-hybridized carbons (Fsp3) is 0.200. The van der Waals surface area contributed by atoms with Crippen molar-refractivity contribution in [2.24, 2.45) is 0 Å². The second kappa shape index (κ2) is 8.55. The summed E-state index contributed by atoms with van der Waals surface area (Å²) in [5.41, 5.74) is 2.43. The van der Waals surface area contributed by atoms with Gasteiger partial charge in [0, 0.05) is 0 Å². The molecule has 5 nitrogen and oxygen atoms in total. The lowest BCUT2D eigenvalue weighted by Crippen LogP contribution is -2.01. The Morgan fingerprint density at radius 2 is 2.00 bits per heavy atom. The van der Waals surface area contributed by atoms with Crippen molar-refractivity contribution in [3.63, 3.8) is 0 Å². The highest BCUT2D eigenvalue weighted by atomic mass is 16.5. The Bertz CT molecular complexity index is 834. The number of aliphatic carboxylic acids is 1. The summed E-state index contributed by atoms with van der Waals surface area (Å²) < 4.78 is 11.4. The molecule has 0 saturated carbocycles. The molecule has 0 fully saturated rings. The Kier molecular flexibility index (Phi) is 6.19. The fourth-order valence-electron chi connectivity index (χ4n) is 2.27. The molecule has 2 rings (SSSR count). The van der Waals surface area contributed by atoms with E-state index in [1.165, 1.54) is 6.08 Å². The lowest BCUT2D eigenvalue weighted by atomic mass is 10.1. The van der Waals surface area contributed by atoms with Crippen molar-refractivity contribution in [3.8, 4) is 17.6 Å². The molecule has 0 radical (unpaired) electrons. The second-order valence-corrected chi connectivity index (χ2v) is 5.39. The maximum absolute atomic E-state index is 11.0. The molecule has 128 valence electrons. The van der Waals surface area contributed by atoms with E-state index in [-0.39, 0.29) is 5.57 Å². The molecule has 0 aliphatic rings. The van der Waals surface area contributed by atoms with E-state index in [1.807, 2.05) is 38.1 Å². The van der Waals surface area contributed by atoms with Crippen molar-refractivity contribution < 1.29 is 19.4 Å². The molecule has 0 spiro atoms. The van der Waals surface area contributed by atoms with E-state index in [0.717, 1.165) is 11.1 Å². The minimum atomic E-state index is -1.26. The van der Waals surface area contributed by atoms with Gasteiger partial charge in [0.15, 0.2) is 11.5 Å². The van der Waals surface area contributed by atoms with Crippen molar-refractivity contribution in [2.75, 3.05) is 6.61 Å². The van der Waals surface area contributed by atoms with Gasteiger partial charge < -0.3 is 14.6 Å². The highest BCUT2D eigenvalue weighted by Crippen LogP contribution is 2.30. The Balaban J connectivity index is 2.24. The van der Waals surface area contributed by atoms with Crippen LogP contribution in [-0.2, 0) is 11.4 Å². The summed E-state index contributed by atoms with van der Waals surface area (Å²) in [5.74, 6) is -0.193. The van der Waals surface area contributed by atoms with Gasteiger partial charge in [0.05, 0.1) is 6.61 Å². The second-order valence-electron chi connectivity index (χ2n) is 5.39. The topological polar surface area (TPSA) is 79.5 Å². The zero-order valence-electron chi connectivity index (χ0n) is 14.2. The molecule has 2 aromatic carbocycles. The minimum Gasteiger partial charge on any atom is -0.490 e. The van der Waals surface area contributed by atoms with E-state index in [1.54, 1.807) is 24.3 Å². The first kappa shape index (κ1) is 18.1. The number of rotatable bonds is 7. The molecule has 2 aromatic rings. The van der Waals surface area contributed by atoms with Crippen LogP contribution < -0.4 is 9.47 Å².